The summed E-state index contributed by atoms with van der Waals surface area (Å²) >= 11 is 0. The molecule has 0 saturated heterocycles. The third kappa shape index (κ3) is 3.44. The van der Waals surface area contributed by atoms with E-state index >= 15 is 0 Å². The number of methoxy groups -OCH3 is 1. The molecule has 0 amide bonds. The quantitative estimate of drug-likeness (QED) is 0.357. The monoisotopic (exact) mass is 239 g/mol. The lowest BCUT2D eigenvalue weighted by atomic mass is 10.2. The molecule has 0 aliphatic rings. The zero-order valence-corrected chi connectivity index (χ0v) is 9.61. The van der Waals surface area contributed by atoms with Gasteiger partial charge in [0.15, 0.2) is 6.04 Å². The Balaban J connectivity index is 2.90. The number of esters is 1. The average molecular weight is 239 g/mol. The summed E-state index contributed by atoms with van der Waals surface area (Å²) in [6, 6.07) is 4.90. The number of halogens is 1. The van der Waals surface area contributed by atoms with E-state index in [1.54, 1.807) is 13.0 Å². The number of nitrogens with one attached hydrogen (secondary N) is 1. The van der Waals surface area contributed by atoms with Crippen molar-refractivity contribution in [3.8, 4) is 0 Å². The Bertz CT molecular complexity index is 434. The molecule has 0 heterocycles. The highest BCUT2D eigenvalue weighted by Gasteiger charge is 2.22. The zero-order valence-electron chi connectivity index (χ0n) is 9.61. The largest absolute Gasteiger partial charge is 0.467 e. The van der Waals surface area contributed by atoms with Gasteiger partial charge in [-0.25, -0.2) is 9.18 Å². The molecule has 0 fully saturated rings. The molecule has 0 aliphatic carbocycles. The summed E-state index contributed by atoms with van der Waals surface area (Å²) in [5, 5.41) is 6.23. The van der Waals surface area contributed by atoms with Crippen LogP contribution in [0.3, 0.4) is 0 Å². The predicted molar refractivity (Wildman–Crippen MR) is 63.1 cm³/mol. The highest BCUT2D eigenvalue weighted by atomic mass is 19.1. The van der Waals surface area contributed by atoms with Crippen molar-refractivity contribution in [3.05, 3.63) is 30.1 Å². The topological polar surface area (TPSA) is 76.7 Å². The zero-order chi connectivity index (χ0) is 12.8. The summed E-state index contributed by atoms with van der Waals surface area (Å²) in [5.41, 5.74) is 0.796. The number of rotatable bonds is 4. The van der Waals surface area contributed by atoms with E-state index in [2.05, 4.69) is 15.2 Å². The number of hydrazone groups is 1. The molecule has 6 heteroatoms. The Hall–Kier alpha value is -2.11. The van der Waals surface area contributed by atoms with E-state index in [4.69, 9.17) is 5.84 Å². The van der Waals surface area contributed by atoms with Gasteiger partial charge in [-0.05, 0) is 25.1 Å². The molecule has 0 saturated carbocycles. The first-order chi connectivity index (χ1) is 8.08. The highest BCUT2D eigenvalue weighted by Crippen LogP contribution is 2.11. The van der Waals surface area contributed by atoms with Crippen molar-refractivity contribution in [1.29, 1.82) is 0 Å². The number of benzene rings is 1. The van der Waals surface area contributed by atoms with Crippen LogP contribution in [0.15, 0.2) is 29.4 Å². The number of hydrogen-bond donors (Lipinski definition) is 2. The Morgan fingerprint density at radius 3 is 2.82 bits per heavy atom. The fourth-order valence-electron chi connectivity index (χ4n) is 1.27. The molecule has 92 valence electrons. The lowest BCUT2D eigenvalue weighted by Gasteiger charge is -2.16. The first kappa shape index (κ1) is 13.0. The van der Waals surface area contributed by atoms with E-state index in [-0.39, 0.29) is 0 Å². The molecule has 17 heavy (non-hydrogen) atoms. The van der Waals surface area contributed by atoms with E-state index in [9.17, 15) is 9.18 Å². The summed E-state index contributed by atoms with van der Waals surface area (Å²) < 4.78 is 17.6. The summed E-state index contributed by atoms with van der Waals surface area (Å²) in [7, 11) is 1.26. The number of hydrogen-bond acceptors (Lipinski definition) is 5. The molecular formula is C11H14FN3O2. The third-order valence-corrected chi connectivity index (χ3v) is 2.19. The molecular weight excluding hydrogens is 225 g/mol. The smallest absolute Gasteiger partial charge is 0.334 e. The maximum absolute atomic E-state index is 13.0. The molecule has 0 bridgehead atoms. The Morgan fingerprint density at radius 2 is 2.29 bits per heavy atom. The highest BCUT2D eigenvalue weighted by molar-refractivity contribution is 6.07. The van der Waals surface area contributed by atoms with Crippen LogP contribution in [0.1, 0.15) is 6.92 Å². The predicted octanol–water partition coefficient (Wildman–Crippen LogP) is 1.11. The van der Waals surface area contributed by atoms with E-state index in [1.807, 2.05) is 0 Å². The number of nitrogens with zero attached hydrogens (tertiary/aromatic N) is 1. The van der Waals surface area contributed by atoms with Gasteiger partial charge in [0.2, 0.25) is 0 Å². The molecule has 1 aromatic carbocycles. The van der Waals surface area contributed by atoms with Crippen LogP contribution in [0, 0.1) is 5.82 Å². The van der Waals surface area contributed by atoms with E-state index in [0.717, 1.165) is 0 Å². The minimum absolute atomic E-state index is 0.348. The Kier molecular flexibility index (Phi) is 4.45. The molecule has 1 aromatic rings. The van der Waals surface area contributed by atoms with Gasteiger partial charge in [0.1, 0.15) is 5.82 Å². The summed E-state index contributed by atoms with van der Waals surface area (Å²) in [6.07, 6.45) is 0. The van der Waals surface area contributed by atoms with Crippen molar-refractivity contribution in [2.75, 3.05) is 12.4 Å². The second-order valence-electron chi connectivity index (χ2n) is 3.38. The molecule has 1 atom stereocenters. The molecule has 0 aromatic heterocycles. The number of ether oxygens (including phenoxy) is 1. The van der Waals surface area contributed by atoms with Crippen molar-refractivity contribution >= 4 is 17.4 Å². The minimum atomic E-state index is -0.827. The number of nitrogens with two attached hydrogens (primary N) is 1. The number of carbonyl (C=O) groups is 1. The molecule has 1 rings (SSSR count). The molecule has 0 radical (unpaired) electrons. The average Bonchev–Trinajstić information content (AvgIpc) is 2.34. The van der Waals surface area contributed by atoms with Gasteiger partial charge in [-0.15, -0.1) is 0 Å². The fourth-order valence-corrected chi connectivity index (χ4v) is 1.27. The standard InChI is InChI=1S/C11H14FN3O2/c1-7(15-13)10(11(16)17-2)14-9-5-3-4-8(12)6-9/h3-6,10,14H,13H2,1-2H3/b15-7+. The van der Waals surface area contributed by atoms with Crippen molar-refractivity contribution in [1.82, 2.24) is 0 Å². The molecule has 0 aliphatic heterocycles. The van der Waals surface area contributed by atoms with E-state index in [1.165, 1.54) is 25.3 Å². The van der Waals surface area contributed by atoms with Crippen LogP contribution in [0.2, 0.25) is 0 Å². The summed E-state index contributed by atoms with van der Waals surface area (Å²) in [4.78, 5) is 11.5. The van der Waals surface area contributed by atoms with Crippen LogP contribution in [-0.2, 0) is 9.53 Å². The second-order valence-corrected chi connectivity index (χ2v) is 3.38. The molecule has 5 nitrogen and oxygen atoms in total. The summed E-state index contributed by atoms with van der Waals surface area (Å²) in [5.74, 6) is 4.17. The van der Waals surface area contributed by atoms with Crippen molar-refractivity contribution in [2.45, 2.75) is 13.0 Å². The van der Waals surface area contributed by atoms with Gasteiger partial charge >= 0.3 is 5.97 Å². The van der Waals surface area contributed by atoms with Gasteiger partial charge in [-0.1, -0.05) is 6.07 Å². The molecule has 3 N–H and O–H groups in total. The van der Waals surface area contributed by atoms with E-state index in [0.29, 0.717) is 11.4 Å². The summed E-state index contributed by atoms with van der Waals surface area (Å²) in [6.45, 7) is 1.58. The van der Waals surface area contributed by atoms with Gasteiger partial charge in [-0.3, -0.25) is 0 Å². The van der Waals surface area contributed by atoms with Gasteiger partial charge in [-0.2, -0.15) is 5.10 Å². The fraction of sp³-hybridized carbons (Fsp3) is 0.273. The van der Waals surface area contributed by atoms with Crippen molar-refractivity contribution in [3.63, 3.8) is 0 Å². The van der Waals surface area contributed by atoms with Crippen LogP contribution in [0.4, 0.5) is 10.1 Å². The molecule has 0 spiro atoms. The first-order valence-electron chi connectivity index (χ1n) is 4.92. The normalized spacial score (nSPS) is 13.0. The van der Waals surface area contributed by atoms with Gasteiger partial charge in [0, 0.05) is 5.69 Å². The first-order valence-corrected chi connectivity index (χ1v) is 4.92. The van der Waals surface area contributed by atoms with Crippen LogP contribution < -0.4 is 11.2 Å². The van der Waals surface area contributed by atoms with Crippen molar-refractivity contribution < 1.29 is 13.9 Å². The van der Waals surface area contributed by atoms with Gasteiger partial charge in [0.05, 0.1) is 12.8 Å². The Labute approximate surface area is 98.5 Å². The van der Waals surface area contributed by atoms with Crippen LogP contribution in [0.25, 0.3) is 0 Å². The van der Waals surface area contributed by atoms with Gasteiger partial charge < -0.3 is 15.9 Å². The SMILES string of the molecule is COC(=O)C(Nc1cccc(F)c1)/C(C)=N/N. The van der Waals surface area contributed by atoms with Crippen LogP contribution in [0.5, 0.6) is 0 Å². The number of anilines is 1. The van der Waals surface area contributed by atoms with Crippen LogP contribution >= 0.6 is 0 Å². The Morgan fingerprint density at radius 1 is 1.59 bits per heavy atom. The third-order valence-electron chi connectivity index (χ3n) is 2.19. The maximum Gasteiger partial charge on any atom is 0.334 e. The van der Waals surface area contributed by atoms with E-state index < -0.39 is 17.8 Å². The van der Waals surface area contributed by atoms with Crippen LogP contribution in [-0.4, -0.2) is 24.8 Å². The lowest BCUT2D eigenvalue weighted by Crippen LogP contribution is -2.37. The lowest BCUT2D eigenvalue weighted by molar-refractivity contribution is -0.139. The minimum Gasteiger partial charge on any atom is -0.467 e. The molecule has 1 unspecified atom stereocenters. The van der Waals surface area contributed by atoms with Crippen molar-refractivity contribution in [2.24, 2.45) is 10.9 Å². The second kappa shape index (κ2) is 5.83. The van der Waals surface area contributed by atoms with Gasteiger partial charge in [0.25, 0.3) is 0 Å². The maximum atomic E-state index is 13.0. The number of carbonyl (C=O) groups excluding carboxylic acids is 1.